The van der Waals surface area contributed by atoms with Crippen molar-refractivity contribution in [3.63, 3.8) is 0 Å². The van der Waals surface area contributed by atoms with Crippen LogP contribution in [0, 0.1) is 6.92 Å². The number of nitrogens with zero attached hydrogens (tertiary/aromatic N) is 1. The number of benzene rings is 2. The molecule has 0 aliphatic heterocycles. The lowest BCUT2D eigenvalue weighted by molar-refractivity contribution is 0.650. The van der Waals surface area contributed by atoms with Gasteiger partial charge in [0.25, 0.3) is 0 Å². The summed E-state index contributed by atoms with van der Waals surface area (Å²) in [7, 11) is 4.32. The van der Waals surface area contributed by atoms with Gasteiger partial charge in [0.15, 0.2) is 0 Å². The zero-order valence-corrected chi connectivity index (χ0v) is 20.1. The highest BCUT2D eigenvalue weighted by Gasteiger charge is 2.28. The topological polar surface area (TPSA) is 67.0 Å². The quantitative estimate of drug-likeness (QED) is 0.262. The fourth-order valence-corrected chi connectivity index (χ4v) is 5.35. The number of hydrogen-bond donors (Lipinski definition) is 4. The van der Waals surface area contributed by atoms with Crippen molar-refractivity contribution in [1.29, 1.82) is 0 Å². The molecule has 5 N–H and O–H groups in total. The van der Waals surface area contributed by atoms with Crippen LogP contribution in [0.2, 0.25) is 5.02 Å². The van der Waals surface area contributed by atoms with Gasteiger partial charge in [-0.25, -0.2) is 5.43 Å². The average Bonchev–Trinajstić information content (AvgIpc) is 3.09. The first kappa shape index (κ1) is 21.8. The van der Waals surface area contributed by atoms with Gasteiger partial charge in [-0.3, -0.25) is 0 Å². The summed E-state index contributed by atoms with van der Waals surface area (Å²) in [5.41, 5.74) is 17.2. The maximum atomic E-state index is 6.69. The Morgan fingerprint density at radius 3 is 2.74 bits per heavy atom. The van der Waals surface area contributed by atoms with E-state index in [0.717, 1.165) is 23.4 Å². The SMILES string of the molecule is CNNc1cc(PNc2cc(C3(C)C=c4ccn(C)c4=CC3)c(Cl)cc2N)ccc1C. The first-order valence-electron chi connectivity index (χ1n) is 10.3. The van der Waals surface area contributed by atoms with Gasteiger partial charge < -0.3 is 20.8 Å². The number of nitrogen functional groups attached to an aromatic ring is 1. The van der Waals surface area contributed by atoms with Crippen LogP contribution in [-0.2, 0) is 12.5 Å². The lowest BCUT2D eigenvalue weighted by atomic mass is 9.77. The largest absolute Gasteiger partial charge is 0.397 e. The summed E-state index contributed by atoms with van der Waals surface area (Å²) < 4.78 is 2.16. The maximum Gasteiger partial charge on any atom is 0.0610 e. The molecule has 1 aliphatic carbocycles. The molecule has 1 aromatic heterocycles. The molecule has 0 saturated heterocycles. The van der Waals surface area contributed by atoms with E-state index >= 15 is 0 Å². The lowest BCUT2D eigenvalue weighted by Crippen LogP contribution is -2.36. The second kappa shape index (κ2) is 8.58. The second-order valence-corrected chi connectivity index (χ2v) is 9.80. The minimum Gasteiger partial charge on any atom is -0.397 e. The van der Waals surface area contributed by atoms with Crippen molar-refractivity contribution in [3.8, 4) is 0 Å². The van der Waals surface area contributed by atoms with Crippen LogP contribution in [0.25, 0.3) is 12.2 Å². The third-order valence-corrected chi connectivity index (χ3v) is 7.25. The third-order valence-electron chi connectivity index (χ3n) is 5.94. The van der Waals surface area contributed by atoms with Crippen LogP contribution in [0.4, 0.5) is 17.1 Å². The van der Waals surface area contributed by atoms with Crippen molar-refractivity contribution in [2.24, 2.45) is 7.05 Å². The Balaban J connectivity index is 1.63. The van der Waals surface area contributed by atoms with E-state index < -0.39 is 0 Å². The van der Waals surface area contributed by atoms with Gasteiger partial charge in [-0.2, -0.15) is 0 Å². The first-order valence-corrected chi connectivity index (χ1v) is 11.7. The number of aromatic nitrogens is 1. The van der Waals surface area contributed by atoms with Gasteiger partial charge in [0.05, 0.1) is 17.1 Å². The molecule has 5 nitrogen and oxygen atoms in total. The standard InChI is InChI=1S/C24H29ClN5P/c1-15-5-6-17(11-21(15)28-27-3)31-29-22-12-18(19(25)13-20(22)26)24(2)9-7-23-16(14-24)8-10-30(23)4/h5-8,10-14,27-29,31H,9,26H2,1-4H3. The first-order chi connectivity index (χ1) is 14.8. The zero-order chi connectivity index (χ0) is 22.2. The molecule has 2 unspecified atom stereocenters. The Morgan fingerprint density at radius 1 is 1.16 bits per heavy atom. The highest BCUT2D eigenvalue weighted by molar-refractivity contribution is 7.48. The number of fused-ring (bicyclic) bond motifs is 1. The van der Waals surface area contributed by atoms with Gasteiger partial charge in [0.2, 0.25) is 0 Å². The molecule has 0 amide bonds. The molecule has 2 aromatic carbocycles. The summed E-state index contributed by atoms with van der Waals surface area (Å²) in [6.07, 6.45) is 7.60. The number of nitrogens with two attached hydrogens (primary N) is 1. The number of halogens is 1. The van der Waals surface area contributed by atoms with Crippen LogP contribution in [0.5, 0.6) is 0 Å². The predicted octanol–water partition coefficient (Wildman–Crippen LogP) is 3.37. The number of rotatable bonds is 6. The third kappa shape index (κ3) is 4.31. The van der Waals surface area contributed by atoms with Crippen LogP contribution < -0.4 is 37.5 Å². The van der Waals surface area contributed by atoms with Gasteiger partial charge >= 0.3 is 0 Å². The summed E-state index contributed by atoms with van der Waals surface area (Å²) >= 11 is 6.69. The van der Waals surface area contributed by atoms with Crippen LogP contribution in [0.3, 0.4) is 0 Å². The number of nitrogens with one attached hydrogen (secondary N) is 3. The summed E-state index contributed by atoms with van der Waals surface area (Å²) in [5, 5.41) is 7.93. The molecule has 0 spiro atoms. The van der Waals surface area contributed by atoms with Crippen molar-refractivity contribution in [2.75, 3.05) is 23.3 Å². The van der Waals surface area contributed by atoms with Crippen LogP contribution in [0.15, 0.2) is 42.6 Å². The fourth-order valence-electron chi connectivity index (χ4n) is 4.09. The summed E-state index contributed by atoms with van der Waals surface area (Å²) in [4.78, 5) is 0. The Bertz CT molecular complexity index is 1250. The van der Waals surface area contributed by atoms with Crippen molar-refractivity contribution in [1.82, 2.24) is 9.99 Å². The molecule has 0 radical (unpaired) electrons. The second-order valence-electron chi connectivity index (χ2n) is 8.31. The molecule has 162 valence electrons. The van der Waals surface area contributed by atoms with Crippen molar-refractivity contribution in [3.05, 3.63) is 69.3 Å². The number of anilines is 3. The molecular formula is C24H29ClN5P. The van der Waals surface area contributed by atoms with Crippen LogP contribution in [-0.4, -0.2) is 11.6 Å². The number of hydrazine groups is 1. The van der Waals surface area contributed by atoms with Gasteiger partial charge in [-0.1, -0.05) is 42.8 Å². The minimum atomic E-state index is -0.188. The normalized spacial score (nSPS) is 17.8. The predicted molar refractivity (Wildman–Crippen MR) is 137 cm³/mol. The van der Waals surface area contributed by atoms with Gasteiger partial charge in [-0.15, -0.1) is 0 Å². The van der Waals surface area contributed by atoms with E-state index in [1.165, 1.54) is 21.4 Å². The van der Waals surface area contributed by atoms with E-state index in [2.05, 4.69) is 90.1 Å². The molecule has 1 heterocycles. The van der Waals surface area contributed by atoms with E-state index in [4.69, 9.17) is 17.3 Å². The van der Waals surface area contributed by atoms with Crippen molar-refractivity contribution < 1.29 is 0 Å². The highest BCUT2D eigenvalue weighted by Crippen LogP contribution is 2.40. The number of hydrogen-bond acceptors (Lipinski definition) is 4. The number of aryl methyl sites for hydroxylation is 2. The molecule has 7 heteroatoms. The van der Waals surface area contributed by atoms with E-state index in [0.29, 0.717) is 19.4 Å². The monoisotopic (exact) mass is 453 g/mol. The van der Waals surface area contributed by atoms with Gasteiger partial charge in [-0.05, 0) is 59.3 Å². The molecule has 31 heavy (non-hydrogen) atoms. The van der Waals surface area contributed by atoms with Crippen molar-refractivity contribution >= 4 is 54.9 Å². The smallest absolute Gasteiger partial charge is 0.0610 e. The van der Waals surface area contributed by atoms with E-state index in [9.17, 15) is 0 Å². The highest BCUT2D eigenvalue weighted by atomic mass is 35.5. The summed E-state index contributed by atoms with van der Waals surface area (Å²) in [5.74, 6) is 0. The van der Waals surface area contributed by atoms with E-state index in [-0.39, 0.29) is 5.41 Å². The zero-order valence-electron chi connectivity index (χ0n) is 18.3. The molecule has 3 aromatic rings. The summed E-state index contributed by atoms with van der Waals surface area (Å²) in [6.45, 7) is 4.32. The Hall–Kier alpha value is -2.46. The molecule has 1 aliphatic rings. The Morgan fingerprint density at radius 2 is 1.97 bits per heavy atom. The summed E-state index contributed by atoms with van der Waals surface area (Å²) in [6, 6.07) is 12.5. The molecule has 2 atom stereocenters. The molecule has 0 fully saturated rings. The molecule has 0 saturated carbocycles. The van der Waals surface area contributed by atoms with Crippen LogP contribution in [0.1, 0.15) is 24.5 Å². The van der Waals surface area contributed by atoms with Crippen molar-refractivity contribution in [2.45, 2.75) is 25.7 Å². The molecule has 0 bridgehead atoms. The van der Waals surface area contributed by atoms with Gasteiger partial charge in [0, 0.05) is 44.8 Å². The Kier molecular flexibility index (Phi) is 6.02. The molecular weight excluding hydrogens is 425 g/mol. The fraction of sp³-hybridized carbons (Fsp3) is 0.250. The molecule has 4 rings (SSSR count). The van der Waals surface area contributed by atoms with E-state index in [1.54, 1.807) is 0 Å². The van der Waals surface area contributed by atoms with Gasteiger partial charge in [0.1, 0.15) is 0 Å². The van der Waals surface area contributed by atoms with E-state index in [1.807, 2.05) is 13.1 Å². The lowest BCUT2D eigenvalue weighted by Gasteiger charge is -2.29. The Labute approximate surface area is 190 Å². The average molecular weight is 454 g/mol. The van der Waals surface area contributed by atoms with Crippen LogP contribution >= 0.6 is 20.3 Å². The maximum absolute atomic E-state index is 6.69. The minimum absolute atomic E-state index is 0.188.